The lowest BCUT2D eigenvalue weighted by Crippen LogP contribution is -2.25. The second-order valence-electron chi connectivity index (χ2n) is 17.9. The molecule has 1 atom stereocenters. The molecule has 0 aromatic heterocycles. The first-order valence-electron chi connectivity index (χ1n) is 22.1. The van der Waals surface area contributed by atoms with Crippen LogP contribution >= 0.6 is 11.6 Å². The molecule has 0 spiro atoms. The number of rotatable bonds is 15. The minimum Gasteiger partial charge on any atom is -0.0843 e. The van der Waals surface area contributed by atoms with Gasteiger partial charge < -0.3 is 0 Å². The average molecular weight is 770 g/mol. The van der Waals surface area contributed by atoms with Gasteiger partial charge in [-0.3, -0.25) is 0 Å². The number of unbranched alkanes of at least 4 members (excludes halogenated alkanes) is 8. The Morgan fingerprint density at radius 1 is 0.404 bits per heavy atom. The largest absolute Gasteiger partial charge is 0.0843 e. The number of aryl methyl sites for hydroxylation is 2. The van der Waals surface area contributed by atoms with Gasteiger partial charge >= 0.3 is 0 Å². The Hall–Kier alpha value is -4.39. The normalized spacial score (nSPS) is 16.0. The second-order valence-corrected chi connectivity index (χ2v) is 18.3. The summed E-state index contributed by atoms with van der Waals surface area (Å²) in [5, 5.41) is 0.769. The van der Waals surface area contributed by atoms with E-state index in [2.05, 4.69) is 145 Å². The number of benzene rings is 6. The lowest BCUT2D eigenvalue weighted by molar-refractivity contribution is 0.399. The van der Waals surface area contributed by atoms with Crippen LogP contribution in [0.2, 0.25) is 5.02 Å². The first kappa shape index (κ1) is 39.4. The van der Waals surface area contributed by atoms with Crippen LogP contribution in [0, 0.1) is 13.8 Å². The van der Waals surface area contributed by atoms with Gasteiger partial charge in [0.25, 0.3) is 0 Å². The highest BCUT2D eigenvalue weighted by molar-refractivity contribution is 6.30. The molecule has 0 nitrogen and oxygen atoms in total. The van der Waals surface area contributed by atoms with Crippen LogP contribution in [0.3, 0.4) is 0 Å². The maximum atomic E-state index is 6.22. The van der Waals surface area contributed by atoms with Crippen LogP contribution in [0.4, 0.5) is 0 Å². The molecule has 6 aromatic rings. The fourth-order valence-corrected chi connectivity index (χ4v) is 10.6. The predicted molar refractivity (Wildman–Crippen MR) is 248 cm³/mol. The molecule has 0 heterocycles. The van der Waals surface area contributed by atoms with Crippen molar-refractivity contribution < 1.29 is 0 Å². The van der Waals surface area contributed by atoms with Gasteiger partial charge in [-0.2, -0.15) is 0 Å². The van der Waals surface area contributed by atoms with Crippen LogP contribution in [0.5, 0.6) is 0 Å². The third kappa shape index (κ3) is 7.33. The van der Waals surface area contributed by atoms with E-state index >= 15 is 0 Å². The standard InChI is InChI=1S/C56H61Cl/c1-7-9-11-13-14-18-32-56(31-17-12-10-8-2)51-20-16-15-19-45(51)48-29-24-42(36-54(48)56)41-23-28-46-47-30-25-43(37-53(47)55(5,6)52(46)35-41)50-34-38(3)49(33-39(50)4)40-21-26-44(57)27-22-40/h15-16,19-30,33-37H,7-14,17-18,31-32H2,1-6H3. The Morgan fingerprint density at radius 2 is 0.842 bits per heavy atom. The molecule has 0 amide bonds. The summed E-state index contributed by atoms with van der Waals surface area (Å²) in [7, 11) is 0. The molecule has 57 heavy (non-hydrogen) atoms. The number of hydrogen-bond acceptors (Lipinski definition) is 0. The maximum Gasteiger partial charge on any atom is 0.0406 e. The predicted octanol–water partition coefficient (Wildman–Crippen LogP) is 17.3. The molecule has 1 heteroatoms. The van der Waals surface area contributed by atoms with Crippen molar-refractivity contribution in [1.29, 1.82) is 0 Å². The van der Waals surface area contributed by atoms with Crippen molar-refractivity contribution in [2.24, 2.45) is 0 Å². The van der Waals surface area contributed by atoms with Gasteiger partial charge in [0.15, 0.2) is 0 Å². The smallest absolute Gasteiger partial charge is 0.0406 e. The third-order valence-corrected chi connectivity index (χ3v) is 14.0. The Morgan fingerprint density at radius 3 is 1.46 bits per heavy atom. The number of halogens is 1. The lowest BCUT2D eigenvalue weighted by Gasteiger charge is -2.33. The summed E-state index contributed by atoms with van der Waals surface area (Å²) in [5.41, 5.74) is 22.0. The Kier molecular flexibility index (Phi) is 11.4. The first-order chi connectivity index (χ1) is 27.7. The van der Waals surface area contributed by atoms with Gasteiger partial charge in [0.1, 0.15) is 0 Å². The van der Waals surface area contributed by atoms with E-state index in [0.29, 0.717) is 0 Å². The van der Waals surface area contributed by atoms with Crippen LogP contribution in [0.1, 0.15) is 138 Å². The summed E-state index contributed by atoms with van der Waals surface area (Å²) in [5.74, 6) is 0. The highest BCUT2D eigenvalue weighted by atomic mass is 35.5. The summed E-state index contributed by atoms with van der Waals surface area (Å²) in [4.78, 5) is 0. The van der Waals surface area contributed by atoms with Crippen molar-refractivity contribution in [3.63, 3.8) is 0 Å². The monoisotopic (exact) mass is 768 g/mol. The molecule has 0 saturated heterocycles. The molecule has 0 fully saturated rings. The van der Waals surface area contributed by atoms with E-state index in [1.807, 2.05) is 12.1 Å². The second kappa shape index (κ2) is 16.5. The summed E-state index contributed by atoms with van der Waals surface area (Å²) in [6, 6.07) is 44.3. The van der Waals surface area contributed by atoms with Crippen molar-refractivity contribution in [2.45, 2.75) is 129 Å². The highest BCUT2D eigenvalue weighted by Gasteiger charge is 2.42. The zero-order valence-corrected chi connectivity index (χ0v) is 36.1. The van der Waals surface area contributed by atoms with Crippen LogP contribution in [-0.4, -0.2) is 0 Å². The summed E-state index contributed by atoms with van der Waals surface area (Å²) in [6.07, 6.45) is 15.7. The summed E-state index contributed by atoms with van der Waals surface area (Å²) < 4.78 is 0. The lowest BCUT2D eigenvalue weighted by atomic mass is 9.70. The van der Waals surface area contributed by atoms with Gasteiger partial charge in [0, 0.05) is 15.9 Å². The minimum absolute atomic E-state index is 0.0899. The Balaban J connectivity index is 1.13. The highest BCUT2D eigenvalue weighted by Crippen LogP contribution is 2.56. The van der Waals surface area contributed by atoms with Crippen LogP contribution in [0.15, 0.2) is 115 Å². The molecule has 292 valence electrons. The van der Waals surface area contributed by atoms with Crippen molar-refractivity contribution >= 4 is 11.6 Å². The van der Waals surface area contributed by atoms with Crippen LogP contribution in [-0.2, 0) is 10.8 Å². The van der Waals surface area contributed by atoms with Crippen molar-refractivity contribution in [1.82, 2.24) is 0 Å². The van der Waals surface area contributed by atoms with E-state index in [4.69, 9.17) is 11.6 Å². The summed E-state index contributed by atoms with van der Waals surface area (Å²) >= 11 is 6.22. The van der Waals surface area contributed by atoms with E-state index in [9.17, 15) is 0 Å². The van der Waals surface area contributed by atoms with Gasteiger partial charge in [0.05, 0.1) is 0 Å². The molecule has 2 aliphatic carbocycles. The fourth-order valence-electron chi connectivity index (χ4n) is 10.5. The molecule has 8 rings (SSSR count). The van der Waals surface area contributed by atoms with E-state index in [0.717, 1.165) is 5.02 Å². The zero-order valence-electron chi connectivity index (χ0n) is 35.3. The molecule has 0 bridgehead atoms. The molecular formula is C56H61Cl. The van der Waals surface area contributed by atoms with Gasteiger partial charge in [-0.25, -0.2) is 0 Å². The number of hydrogen-bond donors (Lipinski definition) is 0. The molecule has 6 aromatic carbocycles. The minimum atomic E-state index is -0.114. The Bertz CT molecular complexity index is 2390. The van der Waals surface area contributed by atoms with E-state index < -0.39 is 0 Å². The molecule has 0 aliphatic heterocycles. The van der Waals surface area contributed by atoms with Crippen molar-refractivity contribution in [3.05, 3.63) is 154 Å². The molecule has 1 unspecified atom stereocenters. The van der Waals surface area contributed by atoms with Gasteiger partial charge in [-0.15, -0.1) is 0 Å². The van der Waals surface area contributed by atoms with Crippen molar-refractivity contribution in [3.8, 4) is 55.6 Å². The fraction of sp³-hybridized carbons (Fsp3) is 0.357. The topological polar surface area (TPSA) is 0 Å². The Labute approximate surface area is 348 Å². The van der Waals surface area contributed by atoms with E-state index in [-0.39, 0.29) is 10.8 Å². The molecule has 0 N–H and O–H groups in total. The summed E-state index contributed by atoms with van der Waals surface area (Å²) in [6.45, 7) is 14.0. The first-order valence-corrected chi connectivity index (χ1v) is 22.5. The van der Waals surface area contributed by atoms with Gasteiger partial charge in [-0.1, -0.05) is 188 Å². The van der Waals surface area contributed by atoms with Crippen molar-refractivity contribution in [2.75, 3.05) is 0 Å². The van der Waals surface area contributed by atoms with E-state index in [1.165, 1.54) is 155 Å². The third-order valence-electron chi connectivity index (χ3n) is 13.7. The molecule has 0 radical (unpaired) electrons. The van der Waals surface area contributed by atoms with E-state index in [1.54, 1.807) is 11.1 Å². The molecule has 2 aliphatic rings. The quantitative estimate of drug-likeness (QED) is 0.0913. The van der Waals surface area contributed by atoms with Gasteiger partial charge in [-0.05, 0) is 146 Å². The molecule has 0 saturated carbocycles. The SMILES string of the molecule is CCCCCCCCC1(CCCCCC)c2ccccc2-c2ccc(-c3ccc4c(c3)C(C)(C)c3cc(-c5cc(C)c(-c6ccc(Cl)cc6)cc5C)ccc3-4)cc21. The number of fused-ring (bicyclic) bond motifs is 6. The van der Waals surface area contributed by atoms with Crippen LogP contribution < -0.4 is 0 Å². The van der Waals surface area contributed by atoms with Gasteiger partial charge in [0.2, 0.25) is 0 Å². The average Bonchev–Trinajstić information content (AvgIpc) is 3.62. The van der Waals surface area contributed by atoms with Crippen LogP contribution in [0.25, 0.3) is 55.6 Å². The maximum absolute atomic E-state index is 6.22. The zero-order chi connectivity index (χ0) is 39.7. The molecular weight excluding hydrogens is 708 g/mol.